The zero-order valence-corrected chi connectivity index (χ0v) is 13.1. The summed E-state index contributed by atoms with van der Waals surface area (Å²) in [6.07, 6.45) is 0.870. The molecule has 0 aromatic heterocycles. The summed E-state index contributed by atoms with van der Waals surface area (Å²) < 4.78 is 51.8. The van der Waals surface area contributed by atoms with Crippen molar-refractivity contribution in [3.63, 3.8) is 0 Å². The van der Waals surface area contributed by atoms with Crippen LogP contribution in [0, 0.1) is 5.92 Å². The Morgan fingerprint density at radius 1 is 1.05 bits per heavy atom. The Kier molecular flexibility index (Phi) is 4.69. The molecule has 1 aromatic rings. The summed E-state index contributed by atoms with van der Waals surface area (Å²) in [7, 11) is -5.96. The molecule has 0 unspecified atom stereocenters. The molecule has 3 N–H and O–H groups in total. The van der Waals surface area contributed by atoms with Gasteiger partial charge in [-0.1, -0.05) is 0 Å². The Morgan fingerprint density at radius 2 is 1.52 bits per heavy atom. The molecule has 0 saturated heterocycles. The van der Waals surface area contributed by atoms with Gasteiger partial charge in [0.25, 0.3) is 0 Å². The fourth-order valence-corrected chi connectivity index (χ4v) is 3.94. The summed E-state index contributed by atoms with van der Waals surface area (Å²) >= 11 is 0. The van der Waals surface area contributed by atoms with E-state index < -0.39 is 20.0 Å². The Morgan fingerprint density at radius 3 is 1.95 bits per heavy atom. The van der Waals surface area contributed by atoms with Gasteiger partial charge in [0.2, 0.25) is 20.0 Å². The summed E-state index contributed by atoms with van der Waals surface area (Å²) in [5, 5.41) is 9.15. The van der Waals surface area contributed by atoms with Crippen molar-refractivity contribution in [2.75, 3.05) is 13.6 Å². The van der Waals surface area contributed by atoms with Gasteiger partial charge in [-0.15, -0.1) is 0 Å². The number of sulfonamides is 2. The summed E-state index contributed by atoms with van der Waals surface area (Å²) in [5.74, 6) is 0.152. The Bertz CT molecular complexity index is 692. The van der Waals surface area contributed by atoms with Crippen LogP contribution in [0.3, 0.4) is 0 Å². The lowest BCUT2D eigenvalue weighted by molar-refractivity contribution is 0.0453. The van der Waals surface area contributed by atoms with Crippen molar-refractivity contribution < 1.29 is 21.9 Å². The molecule has 0 bridgehead atoms. The second-order valence-electron chi connectivity index (χ2n) is 5.02. The van der Waals surface area contributed by atoms with Gasteiger partial charge in [-0.05, 0) is 50.1 Å². The number of nitrogens with one attached hydrogen (secondary N) is 2. The van der Waals surface area contributed by atoms with Gasteiger partial charge in [-0.3, -0.25) is 0 Å². The normalized spacial score (nSPS) is 22.8. The van der Waals surface area contributed by atoms with Crippen molar-refractivity contribution in [1.82, 2.24) is 9.44 Å². The first-order valence-corrected chi connectivity index (χ1v) is 9.42. The maximum Gasteiger partial charge on any atom is 0.240 e. The van der Waals surface area contributed by atoms with Crippen molar-refractivity contribution >= 4 is 20.0 Å². The van der Waals surface area contributed by atoms with Crippen molar-refractivity contribution in [3.05, 3.63) is 24.3 Å². The lowest BCUT2D eigenvalue weighted by Gasteiger charge is -2.31. The molecular weight excluding hydrogens is 316 g/mol. The molecule has 9 heteroatoms. The maximum atomic E-state index is 12.1. The zero-order valence-electron chi connectivity index (χ0n) is 11.5. The SMILES string of the molecule is CNS(=O)(=O)c1ccc(S(=O)(=O)NCC2CC(O)C2)cc1. The first kappa shape index (κ1) is 16.4. The quantitative estimate of drug-likeness (QED) is 0.658. The molecule has 1 aliphatic rings. The summed E-state index contributed by atoms with van der Waals surface area (Å²) in [6.45, 7) is 0.274. The largest absolute Gasteiger partial charge is 0.393 e. The van der Waals surface area contributed by atoms with E-state index in [-0.39, 0.29) is 28.4 Å². The van der Waals surface area contributed by atoms with Crippen LogP contribution in [0.4, 0.5) is 0 Å². The smallest absolute Gasteiger partial charge is 0.240 e. The van der Waals surface area contributed by atoms with Crippen LogP contribution in [-0.4, -0.2) is 41.6 Å². The molecule has 0 spiro atoms. The monoisotopic (exact) mass is 334 g/mol. The molecule has 0 amide bonds. The van der Waals surface area contributed by atoms with Crippen molar-refractivity contribution in [2.45, 2.75) is 28.7 Å². The number of hydrogen-bond acceptors (Lipinski definition) is 5. The fraction of sp³-hybridized carbons (Fsp3) is 0.500. The van der Waals surface area contributed by atoms with E-state index in [2.05, 4.69) is 9.44 Å². The fourth-order valence-electron chi connectivity index (χ4n) is 2.09. The van der Waals surface area contributed by atoms with Crippen LogP contribution in [0.15, 0.2) is 34.1 Å². The molecule has 1 aromatic carbocycles. The third kappa shape index (κ3) is 3.80. The van der Waals surface area contributed by atoms with E-state index in [0.29, 0.717) is 12.8 Å². The molecule has 2 rings (SSSR count). The summed E-state index contributed by atoms with van der Waals surface area (Å²) in [6, 6.07) is 4.99. The molecule has 21 heavy (non-hydrogen) atoms. The summed E-state index contributed by atoms with van der Waals surface area (Å²) in [5.41, 5.74) is 0. The number of aliphatic hydroxyl groups is 1. The third-order valence-electron chi connectivity index (χ3n) is 3.49. The van der Waals surface area contributed by atoms with Crippen LogP contribution in [0.5, 0.6) is 0 Å². The average Bonchev–Trinajstić information content (AvgIpc) is 2.42. The molecule has 1 aliphatic carbocycles. The molecule has 1 saturated carbocycles. The molecular formula is C12H18N2O5S2. The first-order valence-electron chi connectivity index (χ1n) is 6.46. The van der Waals surface area contributed by atoms with E-state index in [1.165, 1.54) is 31.3 Å². The maximum absolute atomic E-state index is 12.1. The average molecular weight is 334 g/mol. The van der Waals surface area contributed by atoms with E-state index in [9.17, 15) is 16.8 Å². The topological polar surface area (TPSA) is 113 Å². The minimum Gasteiger partial charge on any atom is -0.393 e. The molecule has 0 atom stereocenters. The minimum atomic E-state index is -3.66. The van der Waals surface area contributed by atoms with Gasteiger partial charge in [0, 0.05) is 6.54 Å². The van der Waals surface area contributed by atoms with Crippen LogP contribution in [0.1, 0.15) is 12.8 Å². The first-order chi connectivity index (χ1) is 9.74. The van der Waals surface area contributed by atoms with Gasteiger partial charge in [0.1, 0.15) is 0 Å². The Balaban J connectivity index is 2.06. The lowest BCUT2D eigenvalue weighted by Crippen LogP contribution is -2.38. The highest BCUT2D eigenvalue weighted by atomic mass is 32.2. The second-order valence-corrected chi connectivity index (χ2v) is 8.68. The lowest BCUT2D eigenvalue weighted by atomic mass is 9.83. The van der Waals surface area contributed by atoms with Crippen molar-refractivity contribution in [1.29, 1.82) is 0 Å². The van der Waals surface area contributed by atoms with Crippen LogP contribution >= 0.6 is 0 Å². The molecule has 118 valence electrons. The van der Waals surface area contributed by atoms with Crippen LogP contribution in [0.2, 0.25) is 0 Å². The summed E-state index contributed by atoms with van der Waals surface area (Å²) in [4.78, 5) is 0.0171. The van der Waals surface area contributed by atoms with Crippen LogP contribution in [-0.2, 0) is 20.0 Å². The second kappa shape index (κ2) is 6.01. The Labute approximate surface area is 124 Å². The van der Waals surface area contributed by atoms with Gasteiger partial charge < -0.3 is 5.11 Å². The Hall–Kier alpha value is -1.00. The van der Waals surface area contributed by atoms with Gasteiger partial charge in [-0.25, -0.2) is 26.3 Å². The zero-order chi connectivity index (χ0) is 15.7. The van der Waals surface area contributed by atoms with Gasteiger partial charge in [-0.2, -0.15) is 0 Å². The number of hydrogen-bond donors (Lipinski definition) is 3. The highest BCUT2D eigenvalue weighted by Gasteiger charge is 2.28. The predicted molar refractivity (Wildman–Crippen MR) is 76.6 cm³/mol. The number of rotatable bonds is 6. The van der Waals surface area contributed by atoms with E-state index in [1.54, 1.807) is 0 Å². The number of benzene rings is 1. The standard InChI is InChI=1S/C12H18N2O5S2/c1-13-20(16,17)11-2-4-12(5-3-11)21(18,19)14-8-9-6-10(15)7-9/h2-5,9-10,13-15H,6-8H2,1H3. The van der Waals surface area contributed by atoms with Crippen molar-refractivity contribution in [3.8, 4) is 0 Å². The predicted octanol–water partition coefficient (Wildman–Crippen LogP) is -0.356. The molecule has 7 nitrogen and oxygen atoms in total. The van der Waals surface area contributed by atoms with E-state index in [1.807, 2.05) is 0 Å². The molecule has 1 fully saturated rings. The van der Waals surface area contributed by atoms with E-state index >= 15 is 0 Å². The molecule has 0 radical (unpaired) electrons. The minimum absolute atomic E-state index is 0.00562. The number of aliphatic hydroxyl groups excluding tert-OH is 1. The molecule has 0 heterocycles. The van der Waals surface area contributed by atoms with Crippen molar-refractivity contribution in [2.24, 2.45) is 5.92 Å². The molecule has 0 aliphatic heterocycles. The van der Waals surface area contributed by atoms with Crippen LogP contribution < -0.4 is 9.44 Å². The van der Waals surface area contributed by atoms with E-state index in [4.69, 9.17) is 5.11 Å². The highest BCUT2D eigenvalue weighted by molar-refractivity contribution is 7.90. The van der Waals surface area contributed by atoms with Gasteiger partial charge in [0.05, 0.1) is 15.9 Å². The highest BCUT2D eigenvalue weighted by Crippen LogP contribution is 2.26. The van der Waals surface area contributed by atoms with Gasteiger partial charge >= 0.3 is 0 Å². The third-order valence-corrected chi connectivity index (χ3v) is 6.36. The van der Waals surface area contributed by atoms with Crippen LogP contribution in [0.25, 0.3) is 0 Å². The van der Waals surface area contributed by atoms with E-state index in [0.717, 1.165) is 0 Å². The van der Waals surface area contributed by atoms with Gasteiger partial charge in [0.15, 0.2) is 0 Å².